The van der Waals surface area contributed by atoms with Crippen LogP contribution in [0.4, 0.5) is 5.82 Å². The van der Waals surface area contributed by atoms with Crippen molar-refractivity contribution >= 4 is 5.82 Å². The largest absolute Gasteiger partial charge is 0.481 e. The summed E-state index contributed by atoms with van der Waals surface area (Å²) in [5.74, 6) is 2.44. The lowest BCUT2D eigenvalue weighted by Crippen LogP contribution is -2.20. The van der Waals surface area contributed by atoms with Crippen LogP contribution in [-0.4, -0.2) is 23.1 Å². The van der Waals surface area contributed by atoms with E-state index in [1.165, 1.54) is 32.1 Å². The molecule has 4 heteroatoms. The van der Waals surface area contributed by atoms with Crippen molar-refractivity contribution in [3.05, 3.63) is 11.9 Å². The first kappa shape index (κ1) is 13.1. The van der Waals surface area contributed by atoms with E-state index in [9.17, 15) is 0 Å². The number of rotatable bonds is 3. The van der Waals surface area contributed by atoms with E-state index >= 15 is 0 Å². The first-order valence-corrected chi connectivity index (χ1v) is 6.83. The molecule has 1 N–H and O–H groups in total. The van der Waals surface area contributed by atoms with E-state index in [0.29, 0.717) is 11.9 Å². The molecule has 2 unspecified atom stereocenters. The monoisotopic (exact) mass is 249 g/mol. The van der Waals surface area contributed by atoms with Crippen molar-refractivity contribution in [2.24, 2.45) is 5.92 Å². The minimum absolute atomic E-state index is 0.535. The van der Waals surface area contributed by atoms with Gasteiger partial charge in [0.05, 0.1) is 12.7 Å². The Balaban J connectivity index is 2.04. The van der Waals surface area contributed by atoms with Crippen LogP contribution in [0.5, 0.6) is 5.88 Å². The Morgan fingerprint density at radius 1 is 1.22 bits per heavy atom. The van der Waals surface area contributed by atoms with E-state index < -0.39 is 0 Å². The minimum atomic E-state index is 0.535. The molecule has 4 nitrogen and oxygen atoms in total. The van der Waals surface area contributed by atoms with Crippen molar-refractivity contribution in [1.82, 2.24) is 9.97 Å². The SMILES string of the molecule is COc1ncnc(NC2CCCC(C)CC2)c1C. The molecule has 2 rings (SSSR count). The molecular formula is C14H23N3O. The molecule has 1 aliphatic carbocycles. The summed E-state index contributed by atoms with van der Waals surface area (Å²) in [6, 6.07) is 0.535. The Morgan fingerprint density at radius 2 is 2.06 bits per heavy atom. The molecule has 0 amide bonds. The van der Waals surface area contributed by atoms with Gasteiger partial charge in [0.15, 0.2) is 0 Å². The highest BCUT2D eigenvalue weighted by Gasteiger charge is 2.17. The fourth-order valence-electron chi connectivity index (χ4n) is 2.61. The first-order valence-electron chi connectivity index (χ1n) is 6.83. The average molecular weight is 249 g/mol. The van der Waals surface area contributed by atoms with Crippen LogP contribution in [0.3, 0.4) is 0 Å². The number of nitrogens with zero attached hydrogens (tertiary/aromatic N) is 2. The molecule has 0 saturated heterocycles. The van der Waals surface area contributed by atoms with Gasteiger partial charge in [-0.05, 0) is 32.1 Å². The highest BCUT2D eigenvalue weighted by molar-refractivity contribution is 5.48. The lowest BCUT2D eigenvalue weighted by Gasteiger charge is -2.18. The van der Waals surface area contributed by atoms with Crippen molar-refractivity contribution in [3.63, 3.8) is 0 Å². The third-order valence-corrected chi connectivity index (χ3v) is 3.83. The second-order valence-electron chi connectivity index (χ2n) is 5.31. The Morgan fingerprint density at radius 3 is 2.83 bits per heavy atom. The van der Waals surface area contributed by atoms with Crippen LogP contribution in [-0.2, 0) is 0 Å². The van der Waals surface area contributed by atoms with Crippen LogP contribution in [0.1, 0.15) is 44.6 Å². The van der Waals surface area contributed by atoms with Gasteiger partial charge >= 0.3 is 0 Å². The molecule has 1 saturated carbocycles. The fraction of sp³-hybridized carbons (Fsp3) is 0.714. The zero-order valence-corrected chi connectivity index (χ0v) is 11.6. The van der Waals surface area contributed by atoms with Crippen molar-refractivity contribution in [1.29, 1.82) is 0 Å². The maximum atomic E-state index is 5.23. The zero-order chi connectivity index (χ0) is 13.0. The summed E-state index contributed by atoms with van der Waals surface area (Å²) in [5.41, 5.74) is 0.997. The number of hydrogen-bond donors (Lipinski definition) is 1. The molecule has 1 heterocycles. The van der Waals surface area contributed by atoms with E-state index in [2.05, 4.69) is 22.2 Å². The minimum Gasteiger partial charge on any atom is -0.481 e. The van der Waals surface area contributed by atoms with Gasteiger partial charge in [0.25, 0.3) is 0 Å². The molecule has 0 aromatic carbocycles. The number of methoxy groups -OCH3 is 1. The number of nitrogens with one attached hydrogen (secondary N) is 1. The molecule has 1 aromatic rings. The van der Waals surface area contributed by atoms with Crippen molar-refractivity contribution in [3.8, 4) is 5.88 Å². The van der Waals surface area contributed by atoms with Gasteiger partial charge in [0.2, 0.25) is 5.88 Å². The van der Waals surface area contributed by atoms with E-state index in [4.69, 9.17) is 4.74 Å². The van der Waals surface area contributed by atoms with Crippen LogP contribution < -0.4 is 10.1 Å². The van der Waals surface area contributed by atoms with Crippen LogP contribution in [0.2, 0.25) is 0 Å². The maximum absolute atomic E-state index is 5.23. The van der Waals surface area contributed by atoms with Gasteiger partial charge in [-0.1, -0.05) is 19.8 Å². The number of anilines is 1. The topological polar surface area (TPSA) is 47.0 Å². The smallest absolute Gasteiger partial charge is 0.221 e. The van der Waals surface area contributed by atoms with Crippen LogP contribution in [0, 0.1) is 12.8 Å². The van der Waals surface area contributed by atoms with Crippen molar-refractivity contribution in [2.45, 2.75) is 52.0 Å². The Hall–Kier alpha value is -1.32. The van der Waals surface area contributed by atoms with Gasteiger partial charge in [0, 0.05) is 6.04 Å². The molecule has 0 radical (unpaired) electrons. The fourth-order valence-corrected chi connectivity index (χ4v) is 2.61. The summed E-state index contributed by atoms with van der Waals surface area (Å²) in [6.45, 7) is 4.35. The molecular weight excluding hydrogens is 226 g/mol. The predicted molar refractivity (Wildman–Crippen MR) is 73.0 cm³/mol. The molecule has 0 spiro atoms. The molecule has 100 valence electrons. The van der Waals surface area contributed by atoms with Gasteiger partial charge in [-0.3, -0.25) is 0 Å². The number of ether oxygens (including phenoxy) is 1. The Bertz CT molecular complexity index is 395. The Kier molecular flexibility index (Phi) is 4.39. The lowest BCUT2D eigenvalue weighted by molar-refractivity contribution is 0.393. The van der Waals surface area contributed by atoms with Gasteiger partial charge in [-0.25, -0.2) is 9.97 Å². The molecule has 18 heavy (non-hydrogen) atoms. The average Bonchev–Trinajstić information content (AvgIpc) is 2.57. The maximum Gasteiger partial charge on any atom is 0.221 e. The van der Waals surface area contributed by atoms with Crippen LogP contribution >= 0.6 is 0 Å². The van der Waals surface area contributed by atoms with E-state index in [1.807, 2.05) is 6.92 Å². The van der Waals surface area contributed by atoms with E-state index in [0.717, 1.165) is 17.3 Å². The van der Waals surface area contributed by atoms with Crippen molar-refractivity contribution in [2.75, 3.05) is 12.4 Å². The normalized spacial score (nSPS) is 24.4. The third kappa shape index (κ3) is 3.12. The summed E-state index contributed by atoms with van der Waals surface area (Å²) < 4.78 is 5.23. The van der Waals surface area contributed by atoms with Gasteiger partial charge in [-0.2, -0.15) is 0 Å². The van der Waals surface area contributed by atoms with Crippen LogP contribution in [0.15, 0.2) is 6.33 Å². The molecule has 0 aliphatic heterocycles. The second-order valence-corrected chi connectivity index (χ2v) is 5.31. The van der Waals surface area contributed by atoms with Gasteiger partial charge in [0.1, 0.15) is 12.1 Å². The van der Waals surface area contributed by atoms with Crippen LogP contribution in [0.25, 0.3) is 0 Å². The standard InChI is InChI=1S/C14H23N3O/c1-10-5-4-6-12(8-7-10)17-13-11(2)14(18-3)16-9-15-13/h9-10,12H,4-8H2,1-3H3,(H,15,16,17). The highest BCUT2D eigenvalue weighted by Crippen LogP contribution is 2.26. The summed E-state index contributed by atoms with van der Waals surface area (Å²) in [7, 11) is 1.65. The molecule has 1 fully saturated rings. The highest BCUT2D eigenvalue weighted by atomic mass is 16.5. The summed E-state index contributed by atoms with van der Waals surface area (Å²) in [4.78, 5) is 8.44. The zero-order valence-electron chi connectivity index (χ0n) is 11.6. The first-order chi connectivity index (χ1) is 8.70. The number of aromatic nitrogens is 2. The quantitative estimate of drug-likeness (QED) is 0.836. The Labute approximate surface area is 109 Å². The van der Waals surface area contributed by atoms with Crippen molar-refractivity contribution < 1.29 is 4.74 Å². The molecule has 0 bridgehead atoms. The summed E-state index contributed by atoms with van der Waals surface area (Å²) in [5, 5.41) is 3.55. The number of hydrogen-bond acceptors (Lipinski definition) is 4. The lowest BCUT2D eigenvalue weighted by atomic mass is 10.0. The molecule has 1 aromatic heterocycles. The van der Waals surface area contributed by atoms with E-state index in [1.54, 1.807) is 13.4 Å². The van der Waals surface area contributed by atoms with Gasteiger partial charge in [-0.15, -0.1) is 0 Å². The summed E-state index contributed by atoms with van der Waals surface area (Å²) in [6.07, 6.45) is 7.99. The molecule has 2 atom stereocenters. The third-order valence-electron chi connectivity index (χ3n) is 3.83. The van der Waals surface area contributed by atoms with Gasteiger partial charge < -0.3 is 10.1 Å². The van der Waals surface area contributed by atoms with E-state index in [-0.39, 0.29) is 0 Å². The molecule has 1 aliphatic rings. The second kappa shape index (κ2) is 6.03. The summed E-state index contributed by atoms with van der Waals surface area (Å²) >= 11 is 0. The predicted octanol–water partition coefficient (Wildman–Crippen LogP) is 3.17.